The molecule has 0 bridgehead atoms. The summed E-state index contributed by atoms with van der Waals surface area (Å²) in [5, 5.41) is 12.4. The van der Waals surface area contributed by atoms with Gasteiger partial charge >= 0.3 is 0 Å². The zero-order valence-electron chi connectivity index (χ0n) is 9.28. The number of aliphatic hydroxyl groups excluding tert-OH is 1. The maximum absolute atomic E-state index is 11.3. The summed E-state index contributed by atoms with van der Waals surface area (Å²) in [5.41, 5.74) is 0.673. The van der Waals surface area contributed by atoms with Crippen molar-refractivity contribution in [3.05, 3.63) is 39.9 Å². The van der Waals surface area contributed by atoms with Gasteiger partial charge in [-0.2, -0.15) is 0 Å². The van der Waals surface area contributed by atoms with E-state index in [9.17, 15) is 4.79 Å². The highest BCUT2D eigenvalue weighted by Gasteiger charge is 2.02. The lowest BCUT2D eigenvalue weighted by atomic mass is 10.2. The van der Waals surface area contributed by atoms with Gasteiger partial charge in [-0.15, -0.1) is 0 Å². The molecule has 0 aromatic heterocycles. The van der Waals surface area contributed by atoms with Crippen LogP contribution in [0.25, 0.3) is 6.08 Å². The van der Waals surface area contributed by atoms with Crippen LogP contribution in [-0.2, 0) is 4.79 Å². The van der Waals surface area contributed by atoms with Crippen molar-refractivity contribution in [2.45, 2.75) is 13.0 Å². The lowest BCUT2D eigenvalue weighted by molar-refractivity contribution is -0.116. The molecule has 0 aliphatic rings. The van der Waals surface area contributed by atoms with Crippen molar-refractivity contribution >= 4 is 35.2 Å². The van der Waals surface area contributed by atoms with E-state index in [2.05, 4.69) is 5.32 Å². The molecule has 3 nitrogen and oxygen atoms in total. The van der Waals surface area contributed by atoms with E-state index in [4.69, 9.17) is 28.3 Å². The van der Waals surface area contributed by atoms with Crippen LogP contribution in [0.3, 0.4) is 0 Å². The summed E-state index contributed by atoms with van der Waals surface area (Å²) < 4.78 is 0. The Kier molecular flexibility index (Phi) is 5.48. The molecular formula is C12H13Cl2NO2. The Bertz CT molecular complexity index is 431. The van der Waals surface area contributed by atoms with Gasteiger partial charge in [0.05, 0.1) is 16.1 Å². The molecule has 1 aromatic rings. The Hall–Kier alpha value is -1.03. The summed E-state index contributed by atoms with van der Waals surface area (Å²) in [6.07, 6.45) is 2.35. The van der Waals surface area contributed by atoms with Crippen LogP contribution in [0.4, 0.5) is 0 Å². The molecule has 0 heterocycles. The maximum atomic E-state index is 11.3. The van der Waals surface area contributed by atoms with Gasteiger partial charge in [-0.25, -0.2) is 0 Å². The minimum absolute atomic E-state index is 0.215. The quantitative estimate of drug-likeness (QED) is 0.829. The monoisotopic (exact) mass is 273 g/mol. The molecular weight excluding hydrogens is 261 g/mol. The number of nitrogens with one attached hydrogen (secondary N) is 1. The fourth-order valence-corrected chi connectivity index (χ4v) is 1.49. The van der Waals surface area contributed by atoms with E-state index in [1.165, 1.54) is 6.08 Å². The molecule has 5 heteroatoms. The van der Waals surface area contributed by atoms with Crippen molar-refractivity contribution < 1.29 is 9.90 Å². The van der Waals surface area contributed by atoms with Gasteiger partial charge in [-0.3, -0.25) is 4.79 Å². The standard InChI is InChI=1S/C12H13Cl2NO2/c1-8(16)7-15-11(17)6-5-9-3-2-4-10(13)12(9)14/h2-6,8,16H,7H2,1H3,(H,15,17)/b6-5+. The molecule has 1 aromatic carbocycles. The van der Waals surface area contributed by atoms with Gasteiger partial charge in [0.25, 0.3) is 0 Å². The van der Waals surface area contributed by atoms with Crippen LogP contribution in [0.5, 0.6) is 0 Å². The summed E-state index contributed by atoms with van der Waals surface area (Å²) >= 11 is 11.8. The van der Waals surface area contributed by atoms with Gasteiger partial charge in [0.2, 0.25) is 5.91 Å². The Balaban J connectivity index is 2.64. The highest BCUT2D eigenvalue weighted by atomic mass is 35.5. The highest BCUT2D eigenvalue weighted by molar-refractivity contribution is 6.42. The number of benzene rings is 1. The summed E-state index contributed by atoms with van der Waals surface area (Å²) in [4.78, 5) is 11.3. The Labute approximate surface area is 110 Å². The predicted molar refractivity (Wildman–Crippen MR) is 70.2 cm³/mol. The smallest absolute Gasteiger partial charge is 0.244 e. The third kappa shape index (κ3) is 4.77. The Morgan fingerprint density at radius 1 is 1.53 bits per heavy atom. The first-order valence-electron chi connectivity index (χ1n) is 5.08. The molecule has 92 valence electrons. The van der Waals surface area contributed by atoms with Gasteiger partial charge < -0.3 is 10.4 Å². The molecule has 0 saturated heterocycles. The molecule has 0 aliphatic carbocycles. The minimum atomic E-state index is -0.567. The summed E-state index contributed by atoms with van der Waals surface area (Å²) in [6.45, 7) is 1.81. The lowest BCUT2D eigenvalue weighted by Crippen LogP contribution is -2.28. The number of amides is 1. The van der Waals surface area contributed by atoms with E-state index in [0.29, 0.717) is 15.6 Å². The summed E-state index contributed by atoms with van der Waals surface area (Å²) in [5.74, 6) is -0.290. The maximum Gasteiger partial charge on any atom is 0.244 e. The topological polar surface area (TPSA) is 49.3 Å². The third-order valence-corrected chi connectivity index (χ3v) is 2.80. The van der Waals surface area contributed by atoms with Crippen LogP contribution in [0.2, 0.25) is 10.0 Å². The fraction of sp³-hybridized carbons (Fsp3) is 0.250. The van der Waals surface area contributed by atoms with Crippen LogP contribution in [0.15, 0.2) is 24.3 Å². The number of hydrogen-bond acceptors (Lipinski definition) is 2. The van der Waals surface area contributed by atoms with E-state index in [1.54, 1.807) is 31.2 Å². The minimum Gasteiger partial charge on any atom is -0.392 e. The number of carbonyl (C=O) groups is 1. The predicted octanol–water partition coefficient (Wildman–Crippen LogP) is 2.50. The first-order valence-corrected chi connectivity index (χ1v) is 5.84. The second-order valence-corrected chi connectivity index (χ2v) is 4.36. The van der Waals surface area contributed by atoms with E-state index < -0.39 is 6.10 Å². The van der Waals surface area contributed by atoms with Gasteiger partial charge in [-0.05, 0) is 24.6 Å². The number of carbonyl (C=O) groups excluding carboxylic acids is 1. The number of hydrogen-bond donors (Lipinski definition) is 2. The Morgan fingerprint density at radius 3 is 2.88 bits per heavy atom. The molecule has 0 saturated carbocycles. The van der Waals surface area contributed by atoms with E-state index in [1.807, 2.05) is 0 Å². The largest absolute Gasteiger partial charge is 0.392 e. The molecule has 0 fully saturated rings. The van der Waals surface area contributed by atoms with Crippen molar-refractivity contribution in [2.75, 3.05) is 6.54 Å². The molecule has 1 atom stereocenters. The molecule has 1 unspecified atom stereocenters. The van der Waals surface area contributed by atoms with Crippen molar-refractivity contribution in [1.29, 1.82) is 0 Å². The van der Waals surface area contributed by atoms with Crippen LogP contribution < -0.4 is 5.32 Å². The van der Waals surface area contributed by atoms with Crippen molar-refractivity contribution in [2.24, 2.45) is 0 Å². The van der Waals surface area contributed by atoms with Gasteiger partial charge in [0.15, 0.2) is 0 Å². The average molecular weight is 274 g/mol. The lowest BCUT2D eigenvalue weighted by Gasteiger charge is -2.04. The fourth-order valence-electron chi connectivity index (χ4n) is 1.12. The summed E-state index contributed by atoms with van der Waals surface area (Å²) in [7, 11) is 0. The molecule has 0 aliphatic heterocycles. The molecule has 1 rings (SSSR count). The second-order valence-electron chi connectivity index (χ2n) is 3.57. The average Bonchev–Trinajstić information content (AvgIpc) is 2.28. The van der Waals surface area contributed by atoms with Gasteiger partial charge in [0, 0.05) is 12.6 Å². The van der Waals surface area contributed by atoms with Crippen LogP contribution in [0, 0.1) is 0 Å². The van der Waals surface area contributed by atoms with E-state index >= 15 is 0 Å². The van der Waals surface area contributed by atoms with Crippen LogP contribution in [0.1, 0.15) is 12.5 Å². The zero-order valence-corrected chi connectivity index (χ0v) is 10.8. The van der Waals surface area contributed by atoms with Crippen LogP contribution in [-0.4, -0.2) is 23.7 Å². The Morgan fingerprint density at radius 2 is 2.24 bits per heavy atom. The summed E-state index contributed by atoms with van der Waals surface area (Å²) in [6, 6.07) is 5.18. The third-order valence-electron chi connectivity index (χ3n) is 1.97. The highest BCUT2D eigenvalue weighted by Crippen LogP contribution is 2.26. The molecule has 1 amide bonds. The van der Waals surface area contributed by atoms with Gasteiger partial charge in [0.1, 0.15) is 0 Å². The normalized spacial score (nSPS) is 12.7. The van der Waals surface area contributed by atoms with Crippen LogP contribution >= 0.6 is 23.2 Å². The second kappa shape index (κ2) is 6.64. The van der Waals surface area contributed by atoms with E-state index in [-0.39, 0.29) is 12.5 Å². The van der Waals surface area contributed by atoms with E-state index in [0.717, 1.165) is 0 Å². The number of rotatable bonds is 4. The first-order chi connectivity index (χ1) is 8.00. The zero-order chi connectivity index (χ0) is 12.8. The first kappa shape index (κ1) is 14.0. The molecule has 2 N–H and O–H groups in total. The molecule has 0 radical (unpaired) electrons. The molecule has 17 heavy (non-hydrogen) atoms. The van der Waals surface area contributed by atoms with Crippen molar-refractivity contribution in [3.63, 3.8) is 0 Å². The van der Waals surface area contributed by atoms with Gasteiger partial charge in [-0.1, -0.05) is 35.3 Å². The number of halogens is 2. The van der Waals surface area contributed by atoms with Crippen molar-refractivity contribution in [1.82, 2.24) is 5.32 Å². The SMILES string of the molecule is CC(O)CNC(=O)/C=C/c1cccc(Cl)c1Cl. The van der Waals surface area contributed by atoms with Crippen molar-refractivity contribution in [3.8, 4) is 0 Å². The number of aliphatic hydroxyl groups is 1. The molecule has 0 spiro atoms.